The van der Waals surface area contributed by atoms with Crippen molar-refractivity contribution in [1.29, 1.82) is 0 Å². The molecule has 1 aromatic carbocycles. The maximum absolute atomic E-state index is 13.4. The topological polar surface area (TPSA) is 33.2 Å². The maximum Gasteiger partial charge on any atom is 0.258 e. The molecule has 0 saturated heterocycles. The molecule has 28 heavy (non-hydrogen) atoms. The van der Waals surface area contributed by atoms with E-state index in [0.717, 1.165) is 48.4 Å². The van der Waals surface area contributed by atoms with E-state index in [1.54, 1.807) is 0 Å². The minimum atomic E-state index is 0.139. The molecule has 2 aromatic rings. The number of carbonyl (C=O) groups is 1. The van der Waals surface area contributed by atoms with Gasteiger partial charge < -0.3 is 4.90 Å². The summed E-state index contributed by atoms with van der Waals surface area (Å²) < 4.78 is 0. The van der Waals surface area contributed by atoms with Gasteiger partial charge in [0.2, 0.25) is 0 Å². The molecule has 4 saturated carbocycles. The number of para-hydroxylation sites is 1. The van der Waals surface area contributed by atoms with E-state index in [9.17, 15) is 4.79 Å². The summed E-state index contributed by atoms with van der Waals surface area (Å²) >= 11 is 0. The summed E-state index contributed by atoms with van der Waals surface area (Å²) in [6.07, 6.45) is 12.2. The lowest BCUT2D eigenvalue weighted by atomic mass is 9.48. The summed E-state index contributed by atoms with van der Waals surface area (Å²) in [7, 11) is 0. The zero-order chi connectivity index (χ0) is 18.7. The normalized spacial score (nSPS) is 33.0. The van der Waals surface area contributed by atoms with Gasteiger partial charge >= 0.3 is 0 Å². The molecule has 4 fully saturated rings. The van der Waals surface area contributed by atoms with E-state index in [4.69, 9.17) is 4.98 Å². The number of anilines is 1. The van der Waals surface area contributed by atoms with Crippen LogP contribution in [0.3, 0.4) is 0 Å². The second-order valence-corrected chi connectivity index (χ2v) is 9.82. The van der Waals surface area contributed by atoms with E-state index in [2.05, 4.69) is 24.3 Å². The van der Waals surface area contributed by atoms with Crippen LogP contribution < -0.4 is 4.90 Å². The summed E-state index contributed by atoms with van der Waals surface area (Å²) in [5, 5.41) is 0. The van der Waals surface area contributed by atoms with Crippen LogP contribution in [-0.2, 0) is 11.8 Å². The van der Waals surface area contributed by atoms with Crippen molar-refractivity contribution in [2.45, 2.75) is 56.8 Å². The van der Waals surface area contributed by atoms with Gasteiger partial charge in [0.05, 0.1) is 0 Å². The first-order chi connectivity index (χ1) is 13.7. The smallest absolute Gasteiger partial charge is 0.258 e. The molecule has 7 rings (SSSR count). The first-order valence-electron chi connectivity index (χ1n) is 11.1. The third kappa shape index (κ3) is 2.55. The predicted octanol–water partition coefficient (Wildman–Crippen LogP) is 5.14. The van der Waals surface area contributed by atoms with Crippen molar-refractivity contribution in [3.63, 3.8) is 0 Å². The number of hydrogen-bond donors (Lipinski definition) is 0. The number of aryl methyl sites for hydroxylation is 1. The SMILES string of the molecule is O=C(c1ccnc(C23CC4CC(CC(C4)C2)C3)c1)N1CCCc2ccccc21. The molecule has 0 unspecified atom stereocenters. The first kappa shape index (κ1) is 16.8. The lowest BCUT2D eigenvalue weighted by molar-refractivity contribution is -0.00721. The molecule has 1 aromatic heterocycles. The summed E-state index contributed by atoms with van der Waals surface area (Å²) in [6.45, 7) is 0.810. The highest BCUT2D eigenvalue weighted by Gasteiger charge is 2.52. The summed E-state index contributed by atoms with van der Waals surface area (Å²) in [5.74, 6) is 2.81. The summed E-state index contributed by atoms with van der Waals surface area (Å²) in [6, 6.07) is 12.4. The van der Waals surface area contributed by atoms with Gasteiger partial charge in [-0.1, -0.05) is 18.2 Å². The Labute approximate surface area is 167 Å². The molecule has 5 aliphatic rings. The highest BCUT2D eigenvalue weighted by Crippen LogP contribution is 2.60. The zero-order valence-electron chi connectivity index (χ0n) is 16.4. The Morgan fingerprint density at radius 3 is 2.46 bits per heavy atom. The molecule has 1 amide bonds. The fourth-order valence-corrected chi connectivity index (χ4v) is 7.18. The van der Waals surface area contributed by atoms with Gasteiger partial charge in [0.1, 0.15) is 0 Å². The monoisotopic (exact) mass is 372 g/mol. The molecule has 2 heterocycles. The van der Waals surface area contributed by atoms with Gasteiger partial charge in [-0.05, 0) is 92.9 Å². The van der Waals surface area contributed by atoms with Crippen molar-refractivity contribution in [1.82, 2.24) is 4.98 Å². The number of benzene rings is 1. The minimum absolute atomic E-state index is 0.139. The number of aromatic nitrogens is 1. The molecule has 0 spiro atoms. The molecule has 1 aliphatic heterocycles. The van der Waals surface area contributed by atoms with E-state index >= 15 is 0 Å². The molecular formula is C25H28N2O. The van der Waals surface area contributed by atoms with Crippen molar-refractivity contribution in [3.05, 3.63) is 59.4 Å². The lowest BCUT2D eigenvalue weighted by Gasteiger charge is -2.56. The molecule has 4 bridgehead atoms. The van der Waals surface area contributed by atoms with E-state index in [0.29, 0.717) is 0 Å². The van der Waals surface area contributed by atoms with Gasteiger partial charge in [0.25, 0.3) is 5.91 Å². The van der Waals surface area contributed by atoms with Crippen LogP contribution >= 0.6 is 0 Å². The standard InChI is InChI=1S/C25H28N2O/c28-24(27-9-3-5-20-4-1-2-6-22(20)27)21-7-8-26-23(13-21)25-14-17-10-18(15-25)12-19(11-17)16-25/h1-2,4,6-8,13,17-19H,3,5,9-12,14-16H2. The van der Waals surface area contributed by atoms with Crippen LogP contribution in [-0.4, -0.2) is 17.4 Å². The largest absolute Gasteiger partial charge is 0.308 e. The second-order valence-electron chi connectivity index (χ2n) is 9.82. The quantitative estimate of drug-likeness (QED) is 0.731. The van der Waals surface area contributed by atoms with Crippen LogP contribution in [0.25, 0.3) is 0 Å². The average molecular weight is 373 g/mol. The summed E-state index contributed by atoms with van der Waals surface area (Å²) in [4.78, 5) is 20.3. The number of nitrogens with zero attached hydrogens (tertiary/aromatic N) is 2. The highest BCUT2D eigenvalue weighted by atomic mass is 16.2. The Morgan fingerprint density at radius 1 is 1.00 bits per heavy atom. The highest BCUT2D eigenvalue weighted by molar-refractivity contribution is 6.06. The molecule has 0 radical (unpaired) electrons. The number of pyridine rings is 1. The third-order valence-electron chi connectivity index (χ3n) is 7.94. The van der Waals surface area contributed by atoms with Crippen LogP contribution in [0.1, 0.15) is 66.6 Å². The molecule has 144 valence electrons. The molecule has 4 aliphatic carbocycles. The average Bonchev–Trinajstić information content (AvgIpc) is 2.72. The van der Waals surface area contributed by atoms with Gasteiger partial charge in [-0.25, -0.2) is 0 Å². The van der Waals surface area contributed by atoms with Gasteiger partial charge in [-0.15, -0.1) is 0 Å². The number of amides is 1. The van der Waals surface area contributed by atoms with Crippen LogP contribution in [0, 0.1) is 17.8 Å². The van der Waals surface area contributed by atoms with E-state index in [1.807, 2.05) is 23.2 Å². The number of fused-ring (bicyclic) bond motifs is 1. The fourth-order valence-electron chi connectivity index (χ4n) is 7.18. The molecule has 0 atom stereocenters. The van der Waals surface area contributed by atoms with Gasteiger partial charge in [-0.3, -0.25) is 9.78 Å². The Hall–Kier alpha value is -2.16. The van der Waals surface area contributed by atoms with Crippen molar-refractivity contribution in [3.8, 4) is 0 Å². The predicted molar refractivity (Wildman–Crippen MR) is 111 cm³/mol. The zero-order valence-corrected chi connectivity index (χ0v) is 16.4. The number of rotatable bonds is 2. The van der Waals surface area contributed by atoms with Crippen molar-refractivity contribution in [2.24, 2.45) is 17.8 Å². The lowest BCUT2D eigenvalue weighted by Crippen LogP contribution is -2.49. The summed E-state index contributed by atoms with van der Waals surface area (Å²) in [5.41, 5.74) is 4.63. The molecular weight excluding hydrogens is 344 g/mol. The first-order valence-corrected chi connectivity index (χ1v) is 11.1. The van der Waals surface area contributed by atoms with Crippen molar-refractivity contribution < 1.29 is 4.79 Å². The van der Waals surface area contributed by atoms with E-state index in [1.165, 1.54) is 49.8 Å². The van der Waals surface area contributed by atoms with Crippen molar-refractivity contribution >= 4 is 11.6 Å². The second kappa shape index (κ2) is 6.17. The van der Waals surface area contributed by atoms with Crippen LogP contribution in [0.4, 0.5) is 5.69 Å². The Balaban J connectivity index is 1.34. The minimum Gasteiger partial charge on any atom is -0.308 e. The number of hydrogen-bond acceptors (Lipinski definition) is 2. The van der Waals surface area contributed by atoms with Crippen LogP contribution in [0.5, 0.6) is 0 Å². The molecule has 3 heteroatoms. The molecule has 3 nitrogen and oxygen atoms in total. The third-order valence-corrected chi connectivity index (χ3v) is 7.94. The Bertz CT molecular complexity index is 898. The van der Waals surface area contributed by atoms with Gasteiger partial charge in [0, 0.05) is 35.1 Å². The van der Waals surface area contributed by atoms with Crippen LogP contribution in [0.15, 0.2) is 42.6 Å². The molecule has 0 N–H and O–H groups in total. The fraction of sp³-hybridized carbons (Fsp3) is 0.520. The maximum atomic E-state index is 13.4. The van der Waals surface area contributed by atoms with E-state index in [-0.39, 0.29) is 11.3 Å². The van der Waals surface area contributed by atoms with Gasteiger partial charge in [0.15, 0.2) is 0 Å². The number of carbonyl (C=O) groups excluding carboxylic acids is 1. The van der Waals surface area contributed by atoms with Gasteiger partial charge in [-0.2, -0.15) is 0 Å². The van der Waals surface area contributed by atoms with Crippen molar-refractivity contribution in [2.75, 3.05) is 11.4 Å². The Kier molecular flexibility index (Phi) is 3.69. The Morgan fingerprint density at radius 2 is 1.71 bits per heavy atom. The van der Waals surface area contributed by atoms with E-state index < -0.39 is 0 Å². The van der Waals surface area contributed by atoms with Crippen LogP contribution in [0.2, 0.25) is 0 Å².